The average Bonchev–Trinajstić information content (AvgIpc) is 2.64. The lowest BCUT2D eigenvalue weighted by Gasteiger charge is -2.23. The van der Waals surface area contributed by atoms with E-state index in [4.69, 9.17) is 4.52 Å². The van der Waals surface area contributed by atoms with E-state index in [1.165, 1.54) is 44.1 Å². The normalized spacial score (nSPS) is 13.8. The molecule has 0 aromatic heterocycles. The average molecular weight is 397 g/mol. The first kappa shape index (κ1) is 24.4. The van der Waals surface area contributed by atoms with Crippen molar-refractivity contribution in [1.82, 2.24) is 0 Å². The molecule has 156 valence electrons. The minimum Gasteiger partial charge on any atom is -0.426 e. The number of hydrogen-bond donors (Lipinski definition) is 2. The van der Waals surface area contributed by atoms with Crippen LogP contribution in [0.2, 0.25) is 0 Å². The molecule has 1 aromatic rings. The largest absolute Gasteiger partial charge is 0.426 e. The van der Waals surface area contributed by atoms with Crippen LogP contribution >= 0.6 is 8.60 Å². The van der Waals surface area contributed by atoms with Gasteiger partial charge in [-0.25, -0.2) is 0 Å². The molecule has 0 radical (unpaired) electrons. The minimum atomic E-state index is -2.40. The Hall–Kier alpha value is -0.630. The zero-order chi connectivity index (χ0) is 20.2. The Labute approximate surface area is 168 Å². The van der Waals surface area contributed by atoms with Crippen LogP contribution in [0.15, 0.2) is 12.1 Å². The topological polar surface area (TPSA) is 49.7 Å². The van der Waals surface area contributed by atoms with Gasteiger partial charge in [-0.3, -0.25) is 0 Å². The van der Waals surface area contributed by atoms with Gasteiger partial charge in [-0.2, -0.15) is 0 Å². The molecule has 0 aliphatic heterocycles. The number of unbranched alkanes of at least 4 members (excludes halogenated alkanes) is 2. The molecule has 27 heavy (non-hydrogen) atoms. The summed E-state index contributed by atoms with van der Waals surface area (Å²) in [6.45, 7) is 11.1. The molecule has 2 unspecified atom stereocenters. The van der Waals surface area contributed by atoms with Crippen molar-refractivity contribution < 1.29 is 14.3 Å². The second kappa shape index (κ2) is 13.5. The molecule has 0 aliphatic carbocycles. The Morgan fingerprint density at radius 1 is 0.852 bits per heavy atom. The molecule has 1 aromatic carbocycles. The van der Waals surface area contributed by atoms with Crippen molar-refractivity contribution in [3.05, 3.63) is 28.8 Å². The van der Waals surface area contributed by atoms with Crippen LogP contribution in [0.4, 0.5) is 0 Å². The van der Waals surface area contributed by atoms with Crippen molar-refractivity contribution in [3.63, 3.8) is 0 Å². The van der Waals surface area contributed by atoms with Crippen LogP contribution in [0.5, 0.6) is 5.75 Å². The third-order valence-electron chi connectivity index (χ3n) is 5.66. The van der Waals surface area contributed by atoms with Gasteiger partial charge in [-0.05, 0) is 42.7 Å². The van der Waals surface area contributed by atoms with Crippen LogP contribution < -0.4 is 4.52 Å². The van der Waals surface area contributed by atoms with Crippen molar-refractivity contribution in [2.45, 2.75) is 98.8 Å². The highest BCUT2D eigenvalue weighted by Gasteiger charge is 2.20. The van der Waals surface area contributed by atoms with Crippen LogP contribution in [-0.2, 0) is 12.8 Å². The highest BCUT2D eigenvalue weighted by molar-refractivity contribution is 7.39. The fourth-order valence-electron chi connectivity index (χ4n) is 3.94. The zero-order valence-corrected chi connectivity index (χ0v) is 19.0. The second-order valence-corrected chi connectivity index (χ2v) is 8.69. The lowest BCUT2D eigenvalue weighted by atomic mass is 9.87. The molecule has 0 aliphatic rings. The maximum absolute atomic E-state index is 9.59. The fourth-order valence-corrected chi connectivity index (χ4v) is 4.34. The Morgan fingerprint density at radius 3 is 1.63 bits per heavy atom. The number of rotatable bonds is 14. The molecule has 3 nitrogen and oxygen atoms in total. The molecule has 2 N–H and O–H groups in total. The Morgan fingerprint density at radius 2 is 1.30 bits per heavy atom. The predicted octanol–water partition coefficient (Wildman–Crippen LogP) is 7.10. The molecule has 0 saturated carbocycles. The van der Waals surface area contributed by atoms with E-state index >= 15 is 0 Å². The standard InChI is InChI=1S/C23H41O3P/c1-6-10-12-19(8-3)16-21-14-18(5)15-22(23(21)26-27(24)25)17-20(9-4)13-11-7-2/h14-15,19-20,24-25H,6-13,16-17H2,1-5H3. The molecule has 1 rings (SSSR count). The molecule has 0 bridgehead atoms. The summed E-state index contributed by atoms with van der Waals surface area (Å²) in [5, 5.41) is 0. The first-order chi connectivity index (χ1) is 12.9. The van der Waals surface area contributed by atoms with Crippen molar-refractivity contribution >= 4 is 8.60 Å². The van der Waals surface area contributed by atoms with Gasteiger partial charge in [-0.1, -0.05) is 96.8 Å². The molecule has 0 heterocycles. The third-order valence-corrected chi connectivity index (χ3v) is 6.01. The smallest absolute Gasteiger partial charge is 0.391 e. The summed E-state index contributed by atoms with van der Waals surface area (Å²) in [6.07, 6.45) is 11.6. The highest BCUT2D eigenvalue weighted by Crippen LogP contribution is 2.39. The number of hydrogen-bond acceptors (Lipinski definition) is 3. The quantitative estimate of drug-likeness (QED) is 0.330. The van der Waals surface area contributed by atoms with Gasteiger partial charge in [-0.15, -0.1) is 0 Å². The van der Waals surface area contributed by atoms with E-state index in [9.17, 15) is 9.79 Å². The lowest BCUT2D eigenvalue weighted by molar-refractivity contribution is 0.365. The van der Waals surface area contributed by atoms with E-state index < -0.39 is 8.60 Å². The van der Waals surface area contributed by atoms with Crippen LogP contribution in [-0.4, -0.2) is 9.79 Å². The van der Waals surface area contributed by atoms with Crippen LogP contribution in [0, 0.1) is 18.8 Å². The van der Waals surface area contributed by atoms with Gasteiger partial charge >= 0.3 is 8.60 Å². The van der Waals surface area contributed by atoms with E-state index in [-0.39, 0.29) is 0 Å². The monoisotopic (exact) mass is 396 g/mol. The predicted molar refractivity (Wildman–Crippen MR) is 117 cm³/mol. The summed E-state index contributed by atoms with van der Waals surface area (Å²) in [5.74, 6) is 1.97. The summed E-state index contributed by atoms with van der Waals surface area (Å²) >= 11 is 0. The van der Waals surface area contributed by atoms with Gasteiger partial charge in [0.05, 0.1) is 0 Å². The molecular formula is C23H41O3P. The molecule has 0 saturated heterocycles. The molecule has 0 fully saturated rings. The van der Waals surface area contributed by atoms with Gasteiger partial charge in [0, 0.05) is 0 Å². The fraction of sp³-hybridized carbons (Fsp3) is 0.739. The molecule has 0 spiro atoms. The van der Waals surface area contributed by atoms with Gasteiger partial charge in [0.25, 0.3) is 0 Å². The summed E-state index contributed by atoms with van der Waals surface area (Å²) in [6, 6.07) is 4.36. The zero-order valence-electron chi connectivity index (χ0n) is 18.1. The van der Waals surface area contributed by atoms with Gasteiger partial charge in [0.15, 0.2) is 0 Å². The summed E-state index contributed by atoms with van der Waals surface area (Å²) in [4.78, 5) is 19.2. The lowest BCUT2D eigenvalue weighted by Crippen LogP contribution is -2.09. The van der Waals surface area contributed by atoms with E-state index in [1.54, 1.807) is 0 Å². The van der Waals surface area contributed by atoms with E-state index in [0.717, 1.165) is 42.6 Å². The van der Waals surface area contributed by atoms with Gasteiger partial charge in [0.1, 0.15) is 5.75 Å². The van der Waals surface area contributed by atoms with Crippen molar-refractivity contribution in [3.8, 4) is 5.75 Å². The maximum Gasteiger partial charge on any atom is 0.391 e. The van der Waals surface area contributed by atoms with Crippen molar-refractivity contribution in [2.75, 3.05) is 0 Å². The summed E-state index contributed by atoms with van der Waals surface area (Å²) in [7, 11) is -2.40. The second-order valence-electron chi connectivity index (χ2n) is 8.00. The van der Waals surface area contributed by atoms with Crippen molar-refractivity contribution in [1.29, 1.82) is 0 Å². The first-order valence-electron chi connectivity index (χ1n) is 10.9. The van der Waals surface area contributed by atoms with Crippen LogP contribution in [0.3, 0.4) is 0 Å². The highest BCUT2D eigenvalue weighted by atomic mass is 31.2. The van der Waals surface area contributed by atoms with Crippen molar-refractivity contribution in [2.24, 2.45) is 11.8 Å². The molecule has 4 heteroatoms. The molecule has 0 amide bonds. The summed E-state index contributed by atoms with van der Waals surface area (Å²) in [5.41, 5.74) is 3.53. The van der Waals surface area contributed by atoms with E-state index in [2.05, 4.69) is 46.8 Å². The number of benzene rings is 1. The SMILES string of the molecule is CCCCC(CC)Cc1cc(C)cc(CC(CC)CCCC)c1OP(O)O. The third kappa shape index (κ3) is 8.94. The molecule has 2 atom stereocenters. The van der Waals surface area contributed by atoms with Crippen LogP contribution in [0.25, 0.3) is 0 Å². The Bertz CT molecular complexity index is 491. The Balaban J connectivity index is 3.15. The van der Waals surface area contributed by atoms with Gasteiger partial charge < -0.3 is 14.3 Å². The molecular weight excluding hydrogens is 355 g/mol. The van der Waals surface area contributed by atoms with Crippen LogP contribution in [0.1, 0.15) is 95.8 Å². The summed E-state index contributed by atoms with van der Waals surface area (Å²) < 4.78 is 5.61. The Kier molecular flexibility index (Phi) is 12.2. The minimum absolute atomic E-state index is 0.618. The maximum atomic E-state index is 9.59. The van der Waals surface area contributed by atoms with E-state index in [1.807, 2.05) is 0 Å². The van der Waals surface area contributed by atoms with E-state index in [0.29, 0.717) is 11.8 Å². The number of aryl methyl sites for hydroxylation is 1. The van der Waals surface area contributed by atoms with Gasteiger partial charge in [0.2, 0.25) is 0 Å². The first-order valence-corrected chi connectivity index (χ1v) is 12.1.